The molecule has 2 heterocycles. The molecule has 4 heteroatoms. The van der Waals surface area contributed by atoms with E-state index in [0.29, 0.717) is 18.9 Å². The molecule has 0 bridgehead atoms. The summed E-state index contributed by atoms with van der Waals surface area (Å²) in [5.41, 5.74) is -0.595. The van der Waals surface area contributed by atoms with Gasteiger partial charge in [0.1, 0.15) is 0 Å². The molecular weight excluding hydrogens is 228 g/mol. The summed E-state index contributed by atoms with van der Waals surface area (Å²) in [6.45, 7) is 6.53. The first-order valence-corrected chi connectivity index (χ1v) is 7.22. The zero-order valence-corrected chi connectivity index (χ0v) is 11.6. The predicted octanol–water partition coefficient (Wildman–Crippen LogP) is 1.14. The fraction of sp³-hybridized carbons (Fsp3) is 0.929. The third-order valence-corrected chi connectivity index (χ3v) is 4.34. The van der Waals surface area contributed by atoms with Crippen LogP contribution in [0.25, 0.3) is 0 Å². The molecule has 3 atom stereocenters. The first-order chi connectivity index (χ1) is 8.48. The van der Waals surface area contributed by atoms with E-state index in [9.17, 15) is 9.90 Å². The fourth-order valence-corrected chi connectivity index (χ4v) is 3.00. The van der Waals surface area contributed by atoms with Gasteiger partial charge in [0, 0.05) is 13.1 Å². The van der Waals surface area contributed by atoms with Crippen molar-refractivity contribution in [3.63, 3.8) is 0 Å². The van der Waals surface area contributed by atoms with Crippen LogP contribution < -0.4 is 5.32 Å². The van der Waals surface area contributed by atoms with Gasteiger partial charge >= 0.3 is 0 Å². The van der Waals surface area contributed by atoms with Crippen molar-refractivity contribution in [3.8, 4) is 0 Å². The summed E-state index contributed by atoms with van der Waals surface area (Å²) in [5.74, 6) is 0.870. The fourth-order valence-electron chi connectivity index (χ4n) is 3.00. The van der Waals surface area contributed by atoms with Crippen LogP contribution in [0.5, 0.6) is 0 Å². The molecule has 2 aliphatic rings. The van der Waals surface area contributed by atoms with Crippen LogP contribution in [-0.2, 0) is 4.79 Å². The molecule has 18 heavy (non-hydrogen) atoms. The van der Waals surface area contributed by atoms with Gasteiger partial charge in [-0.15, -0.1) is 0 Å². The summed E-state index contributed by atoms with van der Waals surface area (Å²) in [6.07, 6.45) is 4.51. The molecule has 2 saturated heterocycles. The number of carbonyl (C=O) groups excluding carboxylic acids is 1. The Morgan fingerprint density at radius 3 is 2.89 bits per heavy atom. The van der Waals surface area contributed by atoms with Gasteiger partial charge in [-0.05, 0) is 51.5 Å². The lowest BCUT2D eigenvalue weighted by Crippen LogP contribution is -2.50. The van der Waals surface area contributed by atoms with Crippen molar-refractivity contribution >= 4 is 5.91 Å². The van der Waals surface area contributed by atoms with Crippen molar-refractivity contribution in [1.82, 2.24) is 10.2 Å². The van der Waals surface area contributed by atoms with Gasteiger partial charge in [0.15, 0.2) is 0 Å². The molecule has 2 rings (SSSR count). The van der Waals surface area contributed by atoms with Crippen LogP contribution in [0.2, 0.25) is 0 Å². The van der Waals surface area contributed by atoms with Gasteiger partial charge in [0.2, 0.25) is 5.91 Å². The molecule has 0 saturated carbocycles. The molecule has 2 N–H and O–H groups in total. The van der Waals surface area contributed by atoms with Crippen molar-refractivity contribution in [3.05, 3.63) is 0 Å². The quantitative estimate of drug-likeness (QED) is 0.738. The molecule has 0 aromatic rings. The second kappa shape index (κ2) is 5.57. The van der Waals surface area contributed by atoms with E-state index < -0.39 is 5.60 Å². The van der Waals surface area contributed by atoms with E-state index in [-0.39, 0.29) is 11.9 Å². The Labute approximate surface area is 110 Å². The average molecular weight is 254 g/mol. The standard InChI is InChI=1S/C14H26N2O2/c1-11-4-7-15-12(10-11)13(17)16-8-3-5-14(2,18)6-9-16/h11-12,15,18H,3-10H2,1-2H3. The zero-order valence-electron chi connectivity index (χ0n) is 11.6. The van der Waals surface area contributed by atoms with Crippen LogP contribution in [0, 0.1) is 5.92 Å². The first kappa shape index (κ1) is 13.8. The lowest BCUT2D eigenvalue weighted by molar-refractivity contribution is -0.134. The van der Waals surface area contributed by atoms with Crippen molar-refractivity contribution < 1.29 is 9.90 Å². The largest absolute Gasteiger partial charge is 0.390 e. The van der Waals surface area contributed by atoms with Crippen LogP contribution in [0.3, 0.4) is 0 Å². The number of hydrogen-bond acceptors (Lipinski definition) is 3. The van der Waals surface area contributed by atoms with Gasteiger partial charge in [-0.1, -0.05) is 6.92 Å². The molecule has 104 valence electrons. The van der Waals surface area contributed by atoms with Gasteiger partial charge in [0.25, 0.3) is 0 Å². The minimum atomic E-state index is -0.595. The highest BCUT2D eigenvalue weighted by atomic mass is 16.3. The highest BCUT2D eigenvalue weighted by Gasteiger charge is 2.32. The van der Waals surface area contributed by atoms with E-state index in [1.807, 2.05) is 11.8 Å². The number of likely N-dealkylation sites (tertiary alicyclic amines) is 1. The number of rotatable bonds is 1. The monoisotopic (exact) mass is 254 g/mol. The summed E-state index contributed by atoms with van der Waals surface area (Å²) >= 11 is 0. The molecule has 2 fully saturated rings. The molecule has 0 aromatic heterocycles. The SMILES string of the molecule is CC1CCNC(C(=O)N2CCCC(C)(O)CC2)C1. The van der Waals surface area contributed by atoms with Gasteiger partial charge in [-0.2, -0.15) is 0 Å². The van der Waals surface area contributed by atoms with Crippen molar-refractivity contribution in [1.29, 1.82) is 0 Å². The number of piperidine rings is 1. The number of amides is 1. The van der Waals surface area contributed by atoms with Gasteiger partial charge in [-0.3, -0.25) is 4.79 Å². The Morgan fingerprint density at radius 1 is 1.39 bits per heavy atom. The van der Waals surface area contributed by atoms with E-state index in [1.165, 1.54) is 6.42 Å². The smallest absolute Gasteiger partial charge is 0.239 e. The third kappa shape index (κ3) is 3.45. The summed E-state index contributed by atoms with van der Waals surface area (Å²) in [5, 5.41) is 13.4. The minimum Gasteiger partial charge on any atom is -0.390 e. The zero-order chi connectivity index (χ0) is 13.2. The summed E-state index contributed by atoms with van der Waals surface area (Å²) < 4.78 is 0. The van der Waals surface area contributed by atoms with Crippen LogP contribution in [0.15, 0.2) is 0 Å². The lowest BCUT2D eigenvalue weighted by Gasteiger charge is -2.32. The maximum absolute atomic E-state index is 12.4. The third-order valence-electron chi connectivity index (χ3n) is 4.34. The second-order valence-electron chi connectivity index (χ2n) is 6.31. The van der Waals surface area contributed by atoms with E-state index in [0.717, 1.165) is 32.4 Å². The Hall–Kier alpha value is -0.610. The maximum Gasteiger partial charge on any atom is 0.239 e. The van der Waals surface area contributed by atoms with Gasteiger partial charge in [0.05, 0.1) is 11.6 Å². The highest BCUT2D eigenvalue weighted by Crippen LogP contribution is 2.23. The van der Waals surface area contributed by atoms with E-state index in [4.69, 9.17) is 0 Å². The molecule has 0 aromatic carbocycles. The molecule has 0 radical (unpaired) electrons. The molecule has 3 unspecified atom stereocenters. The molecule has 2 aliphatic heterocycles. The van der Waals surface area contributed by atoms with E-state index in [2.05, 4.69) is 12.2 Å². The number of nitrogens with one attached hydrogen (secondary N) is 1. The Balaban J connectivity index is 1.92. The average Bonchev–Trinajstić information content (AvgIpc) is 2.49. The van der Waals surface area contributed by atoms with E-state index >= 15 is 0 Å². The number of carbonyl (C=O) groups is 1. The van der Waals surface area contributed by atoms with Crippen LogP contribution in [0.1, 0.15) is 46.0 Å². The summed E-state index contributed by atoms with van der Waals surface area (Å²) in [6, 6.07) is -0.00296. The van der Waals surface area contributed by atoms with Crippen molar-refractivity contribution in [2.45, 2.75) is 57.6 Å². The molecule has 1 amide bonds. The van der Waals surface area contributed by atoms with Crippen LogP contribution >= 0.6 is 0 Å². The molecule has 0 aliphatic carbocycles. The number of aliphatic hydroxyl groups is 1. The normalized spacial score (nSPS) is 38.3. The Morgan fingerprint density at radius 2 is 2.17 bits per heavy atom. The van der Waals surface area contributed by atoms with Gasteiger partial charge < -0.3 is 15.3 Å². The summed E-state index contributed by atoms with van der Waals surface area (Å²) in [7, 11) is 0. The number of hydrogen-bond donors (Lipinski definition) is 2. The van der Waals surface area contributed by atoms with Crippen molar-refractivity contribution in [2.75, 3.05) is 19.6 Å². The van der Waals surface area contributed by atoms with Crippen molar-refractivity contribution in [2.24, 2.45) is 5.92 Å². The Kier molecular flexibility index (Phi) is 4.28. The Bertz CT molecular complexity index is 304. The molecular formula is C14H26N2O2. The summed E-state index contributed by atoms with van der Waals surface area (Å²) in [4.78, 5) is 14.4. The minimum absolute atomic E-state index is 0.00296. The van der Waals surface area contributed by atoms with Crippen LogP contribution in [-0.4, -0.2) is 47.2 Å². The van der Waals surface area contributed by atoms with E-state index in [1.54, 1.807) is 0 Å². The number of nitrogens with zero attached hydrogens (tertiary/aromatic N) is 1. The second-order valence-corrected chi connectivity index (χ2v) is 6.31. The molecule has 4 nitrogen and oxygen atoms in total. The molecule has 0 spiro atoms. The highest BCUT2D eigenvalue weighted by molar-refractivity contribution is 5.82. The predicted molar refractivity (Wildman–Crippen MR) is 71.2 cm³/mol. The van der Waals surface area contributed by atoms with Gasteiger partial charge in [-0.25, -0.2) is 0 Å². The maximum atomic E-state index is 12.4. The topological polar surface area (TPSA) is 52.6 Å². The lowest BCUT2D eigenvalue weighted by atomic mass is 9.93. The first-order valence-electron chi connectivity index (χ1n) is 7.22. The van der Waals surface area contributed by atoms with Crippen LogP contribution in [0.4, 0.5) is 0 Å².